The minimum atomic E-state index is -3.42. The topological polar surface area (TPSA) is 57.7 Å². The fourth-order valence-electron chi connectivity index (χ4n) is 2.61. The Balaban J connectivity index is 1.64. The predicted octanol–water partition coefficient (Wildman–Crippen LogP) is 2.00. The highest BCUT2D eigenvalue weighted by Gasteiger charge is 2.42. The van der Waals surface area contributed by atoms with Gasteiger partial charge in [0.05, 0.1) is 3.79 Å². The predicted molar refractivity (Wildman–Crippen MR) is 84.6 cm³/mol. The summed E-state index contributed by atoms with van der Waals surface area (Å²) in [4.78, 5) is 14.0. The molecule has 5 nitrogen and oxygen atoms in total. The first-order valence-electron chi connectivity index (χ1n) is 6.94. The maximum absolute atomic E-state index is 12.5. The van der Waals surface area contributed by atoms with Gasteiger partial charge in [0.15, 0.2) is 0 Å². The van der Waals surface area contributed by atoms with Crippen LogP contribution in [0.2, 0.25) is 0 Å². The molecule has 3 rings (SSSR count). The van der Waals surface area contributed by atoms with Gasteiger partial charge in [0.1, 0.15) is 4.21 Å². The zero-order valence-electron chi connectivity index (χ0n) is 11.7. The van der Waals surface area contributed by atoms with Gasteiger partial charge in [-0.2, -0.15) is 4.31 Å². The lowest BCUT2D eigenvalue weighted by Gasteiger charge is -2.33. The van der Waals surface area contributed by atoms with Crippen LogP contribution in [0.1, 0.15) is 13.3 Å². The molecule has 1 saturated heterocycles. The largest absolute Gasteiger partial charge is 0.340 e. The Labute approximate surface area is 137 Å². The monoisotopic (exact) mass is 392 g/mol. The number of hydrogen-bond donors (Lipinski definition) is 0. The van der Waals surface area contributed by atoms with Crippen LogP contribution < -0.4 is 0 Å². The number of carbonyl (C=O) groups excluding carboxylic acids is 1. The summed E-state index contributed by atoms with van der Waals surface area (Å²) in [6.45, 7) is 3.83. The molecule has 0 N–H and O–H groups in total. The number of nitrogens with zero attached hydrogens (tertiary/aromatic N) is 2. The highest BCUT2D eigenvalue weighted by molar-refractivity contribution is 9.11. The molecule has 1 aliphatic heterocycles. The van der Waals surface area contributed by atoms with E-state index in [0.29, 0.717) is 36.3 Å². The van der Waals surface area contributed by atoms with E-state index in [-0.39, 0.29) is 11.8 Å². The standard InChI is InChI=1S/C13H17BrN2O3S2/c1-9-8-10(9)13(17)15-4-6-16(7-5-15)21(18,19)12-3-2-11(14)20-12/h2-3,9-10H,4-8H2,1H3/t9-,10+/m1/s1. The quantitative estimate of drug-likeness (QED) is 0.790. The summed E-state index contributed by atoms with van der Waals surface area (Å²) in [6, 6.07) is 3.36. The molecule has 1 aromatic rings. The number of carbonyl (C=O) groups is 1. The van der Waals surface area contributed by atoms with Crippen molar-refractivity contribution in [3.8, 4) is 0 Å². The molecule has 0 unspecified atom stereocenters. The van der Waals surface area contributed by atoms with Crippen molar-refractivity contribution < 1.29 is 13.2 Å². The van der Waals surface area contributed by atoms with Crippen molar-refractivity contribution in [3.05, 3.63) is 15.9 Å². The Hall–Kier alpha value is -0.440. The number of sulfonamides is 1. The van der Waals surface area contributed by atoms with Crippen molar-refractivity contribution >= 4 is 43.2 Å². The molecule has 0 radical (unpaired) electrons. The van der Waals surface area contributed by atoms with Crippen LogP contribution in [0.15, 0.2) is 20.1 Å². The molecule has 1 amide bonds. The van der Waals surface area contributed by atoms with Gasteiger partial charge in [-0.1, -0.05) is 6.92 Å². The first-order chi connectivity index (χ1) is 9.89. The lowest BCUT2D eigenvalue weighted by molar-refractivity contribution is -0.134. The second kappa shape index (κ2) is 5.64. The second-order valence-corrected chi connectivity index (χ2v) is 10.2. The zero-order chi connectivity index (χ0) is 15.2. The molecule has 1 saturated carbocycles. The van der Waals surface area contributed by atoms with E-state index < -0.39 is 10.0 Å². The summed E-state index contributed by atoms with van der Waals surface area (Å²) in [7, 11) is -3.42. The molecule has 0 aromatic carbocycles. The highest BCUT2D eigenvalue weighted by atomic mass is 79.9. The lowest BCUT2D eigenvalue weighted by atomic mass is 10.2. The average Bonchev–Trinajstić information content (AvgIpc) is 3.02. The minimum Gasteiger partial charge on any atom is -0.340 e. The minimum absolute atomic E-state index is 0.168. The third-order valence-electron chi connectivity index (χ3n) is 4.12. The summed E-state index contributed by atoms with van der Waals surface area (Å²) >= 11 is 4.51. The van der Waals surface area contributed by atoms with E-state index in [4.69, 9.17) is 0 Å². The lowest BCUT2D eigenvalue weighted by Crippen LogP contribution is -2.50. The number of hydrogen-bond acceptors (Lipinski definition) is 4. The van der Waals surface area contributed by atoms with Crippen LogP contribution in [0.25, 0.3) is 0 Å². The molecule has 2 fully saturated rings. The van der Waals surface area contributed by atoms with Crippen LogP contribution >= 0.6 is 27.3 Å². The zero-order valence-corrected chi connectivity index (χ0v) is 14.9. The van der Waals surface area contributed by atoms with Gasteiger partial charge >= 0.3 is 0 Å². The van der Waals surface area contributed by atoms with Crippen molar-refractivity contribution in [2.75, 3.05) is 26.2 Å². The van der Waals surface area contributed by atoms with Gasteiger partial charge < -0.3 is 4.90 Å². The number of amides is 1. The first-order valence-corrected chi connectivity index (χ1v) is 9.99. The maximum atomic E-state index is 12.5. The molecule has 116 valence electrons. The Kier molecular flexibility index (Phi) is 4.15. The fourth-order valence-corrected chi connectivity index (χ4v) is 6.20. The van der Waals surface area contributed by atoms with E-state index in [9.17, 15) is 13.2 Å². The summed E-state index contributed by atoms with van der Waals surface area (Å²) in [5.74, 6) is 0.850. The van der Waals surface area contributed by atoms with Gasteiger partial charge in [-0.25, -0.2) is 8.42 Å². The van der Waals surface area contributed by atoms with Crippen LogP contribution in [0.5, 0.6) is 0 Å². The molecule has 0 bridgehead atoms. The van der Waals surface area contributed by atoms with Gasteiger partial charge in [-0.15, -0.1) is 11.3 Å². The molecule has 1 aliphatic carbocycles. The number of halogens is 1. The third-order valence-corrected chi connectivity index (χ3v) is 8.11. The number of thiophene rings is 1. The van der Waals surface area contributed by atoms with Crippen LogP contribution in [0.3, 0.4) is 0 Å². The van der Waals surface area contributed by atoms with E-state index in [1.165, 1.54) is 15.6 Å². The fraction of sp³-hybridized carbons (Fsp3) is 0.615. The van der Waals surface area contributed by atoms with Gasteiger partial charge in [0.2, 0.25) is 5.91 Å². The van der Waals surface area contributed by atoms with Crippen molar-refractivity contribution in [1.82, 2.24) is 9.21 Å². The Bertz CT molecular complexity index is 650. The Morgan fingerprint density at radius 2 is 1.90 bits per heavy atom. The van der Waals surface area contributed by atoms with Crippen molar-refractivity contribution in [3.63, 3.8) is 0 Å². The van der Waals surface area contributed by atoms with Crippen molar-refractivity contribution in [1.29, 1.82) is 0 Å². The SMILES string of the molecule is C[C@@H]1C[C@@H]1C(=O)N1CCN(S(=O)(=O)c2ccc(Br)s2)CC1. The van der Waals surface area contributed by atoms with Crippen molar-refractivity contribution in [2.45, 2.75) is 17.6 Å². The van der Waals surface area contributed by atoms with E-state index in [2.05, 4.69) is 22.9 Å². The van der Waals surface area contributed by atoms with Gasteiger partial charge in [0, 0.05) is 32.1 Å². The Morgan fingerprint density at radius 1 is 1.29 bits per heavy atom. The van der Waals surface area contributed by atoms with E-state index in [1.807, 2.05) is 4.90 Å². The summed E-state index contributed by atoms with van der Waals surface area (Å²) in [5, 5.41) is 0. The maximum Gasteiger partial charge on any atom is 0.252 e. The molecule has 2 aliphatic rings. The molecular weight excluding hydrogens is 376 g/mol. The number of piperazine rings is 1. The van der Waals surface area contributed by atoms with Gasteiger partial charge in [0.25, 0.3) is 10.0 Å². The van der Waals surface area contributed by atoms with E-state index >= 15 is 0 Å². The average molecular weight is 393 g/mol. The first kappa shape index (κ1) is 15.5. The van der Waals surface area contributed by atoms with Gasteiger partial charge in [-0.3, -0.25) is 4.79 Å². The molecular formula is C13H17BrN2O3S2. The van der Waals surface area contributed by atoms with E-state index in [0.717, 1.165) is 10.2 Å². The van der Waals surface area contributed by atoms with Crippen LogP contribution in [0, 0.1) is 11.8 Å². The Morgan fingerprint density at radius 3 is 2.38 bits per heavy atom. The van der Waals surface area contributed by atoms with Crippen LogP contribution in [-0.4, -0.2) is 49.7 Å². The smallest absolute Gasteiger partial charge is 0.252 e. The van der Waals surface area contributed by atoms with E-state index in [1.54, 1.807) is 12.1 Å². The molecule has 0 spiro atoms. The molecule has 8 heteroatoms. The summed E-state index contributed by atoms with van der Waals surface area (Å²) in [6.07, 6.45) is 0.973. The summed E-state index contributed by atoms with van der Waals surface area (Å²) in [5.41, 5.74) is 0. The molecule has 2 atom stereocenters. The normalized spacial score (nSPS) is 26.9. The van der Waals surface area contributed by atoms with Crippen LogP contribution in [0.4, 0.5) is 0 Å². The third kappa shape index (κ3) is 3.04. The molecule has 1 aromatic heterocycles. The van der Waals surface area contributed by atoms with Gasteiger partial charge in [-0.05, 0) is 40.4 Å². The van der Waals surface area contributed by atoms with Crippen molar-refractivity contribution in [2.24, 2.45) is 11.8 Å². The number of rotatable bonds is 3. The van der Waals surface area contributed by atoms with Crippen LogP contribution in [-0.2, 0) is 14.8 Å². The summed E-state index contributed by atoms with van der Waals surface area (Å²) < 4.78 is 27.6. The molecule has 2 heterocycles. The highest BCUT2D eigenvalue weighted by Crippen LogP contribution is 2.39. The molecule has 21 heavy (non-hydrogen) atoms. The second-order valence-electron chi connectivity index (χ2n) is 5.61.